The maximum absolute atomic E-state index is 9.22. The van der Waals surface area contributed by atoms with Crippen molar-refractivity contribution in [3.8, 4) is 0 Å². The molecule has 2 rings (SSSR count). The molecule has 0 radical (unpaired) electrons. The third-order valence-electron chi connectivity index (χ3n) is 1.99. The van der Waals surface area contributed by atoms with Gasteiger partial charge in [-0.1, -0.05) is 0 Å². The maximum Gasteiger partial charge on any atom is 0.124 e. The van der Waals surface area contributed by atoms with E-state index in [2.05, 4.69) is 15.1 Å². The number of aliphatic hydroxyl groups is 1. The summed E-state index contributed by atoms with van der Waals surface area (Å²) in [5.74, 6) is 1.00. The number of nitrogens with zero attached hydrogens (tertiary/aromatic N) is 2. The predicted molar refractivity (Wildman–Crippen MR) is 41.4 cm³/mol. The van der Waals surface area contributed by atoms with Gasteiger partial charge in [0.15, 0.2) is 0 Å². The molecule has 1 saturated heterocycles. The minimum Gasteiger partial charge on any atom is -0.391 e. The fourth-order valence-electron chi connectivity index (χ4n) is 1.39. The molecule has 0 aliphatic carbocycles. The summed E-state index contributed by atoms with van der Waals surface area (Å²) >= 11 is 0. The van der Waals surface area contributed by atoms with Crippen LogP contribution in [0.4, 0.5) is 5.82 Å². The first kappa shape index (κ1) is 6.67. The maximum atomic E-state index is 9.22. The normalized spacial score (nSPS) is 24.5. The quantitative estimate of drug-likeness (QED) is 0.596. The summed E-state index contributed by atoms with van der Waals surface area (Å²) in [4.78, 5) is 2.09. The molecule has 1 aromatic rings. The fourth-order valence-corrected chi connectivity index (χ4v) is 1.39. The molecule has 0 spiro atoms. The molecule has 4 nitrogen and oxygen atoms in total. The SMILES string of the molecule is O[C@@H]1CCN(c2ccn[nH]2)C1. The molecular formula is C7H11N3O. The zero-order valence-electron chi connectivity index (χ0n) is 6.20. The van der Waals surface area contributed by atoms with Crippen molar-refractivity contribution in [3.05, 3.63) is 12.3 Å². The largest absolute Gasteiger partial charge is 0.391 e. The molecule has 0 bridgehead atoms. The summed E-state index contributed by atoms with van der Waals surface area (Å²) < 4.78 is 0. The summed E-state index contributed by atoms with van der Waals surface area (Å²) in [6.45, 7) is 1.64. The van der Waals surface area contributed by atoms with Gasteiger partial charge in [0.2, 0.25) is 0 Å². The van der Waals surface area contributed by atoms with E-state index in [4.69, 9.17) is 0 Å². The zero-order chi connectivity index (χ0) is 7.68. The molecule has 11 heavy (non-hydrogen) atoms. The number of nitrogens with one attached hydrogen (secondary N) is 1. The number of β-amino-alcohol motifs (C(OH)–C–C–N with tert-alkyl or cyclic N) is 1. The molecular weight excluding hydrogens is 142 g/mol. The van der Waals surface area contributed by atoms with E-state index in [-0.39, 0.29) is 6.10 Å². The van der Waals surface area contributed by atoms with Crippen LogP contribution in [0, 0.1) is 0 Å². The van der Waals surface area contributed by atoms with Crippen molar-refractivity contribution in [1.82, 2.24) is 10.2 Å². The van der Waals surface area contributed by atoms with E-state index in [0.29, 0.717) is 0 Å². The number of H-pyrrole nitrogens is 1. The van der Waals surface area contributed by atoms with E-state index in [0.717, 1.165) is 25.3 Å². The molecule has 4 heteroatoms. The van der Waals surface area contributed by atoms with Crippen LogP contribution in [0.3, 0.4) is 0 Å². The average Bonchev–Trinajstić information content (AvgIpc) is 2.55. The second kappa shape index (κ2) is 2.54. The lowest BCUT2D eigenvalue weighted by atomic mass is 10.3. The highest BCUT2D eigenvalue weighted by Gasteiger charge is 2.20. The van der Waals surface area contributed by atoms with Crippen molar-refractivity contribution in [1.29, 1.82) is 0 Å². The van der Waals surface area contributed by atoms with Crippen LogP contribution >= 0.6 is 0 Å². The van der Waals surface area contributed by atoms with Crippen molar-refractivity contribution in [2.24, 2.45) is 0 Å². The molecule has 0 saturated carbocycles. The predicted octanol–water partition coefficient (Wildman–Crippen LogP) is -0.0193. The van der Waals surface area contributed by atoms with Crippen LogP contribution in [0.2, 0.25) is 0 Å². The Balaban J connectivity index is 2.08. The first-order chi connectivity index (χ1) is 5.36. The lowest BCUT2D eigenvalue weighted by Gasteiger charge is -2.13. The highest BCUT2D eigenvalue weighted by molar-refractivity contribution is 5.37. The highest BCUT2D eigenvalue weighted by Crippen LogP contribution is 2.16. The lowest BCUT2D eigenvalue weighted by Crippen LogP contribution is -2.21. The molecule has 0 unspecified atom stereocenters. The first-order valence-electron chi connectivity index (χ1n) is 3.78. The molecule has 1 aliphatic rings. The van der Waals surface area contributed by atoms with E-state index >= 15 is 0 Å². The number of rotatable bonds is 1. The van der Waals surface area contributed by atoms with E-state index in [1.807, 2.05) is 6.07 Å². The van der Waals surface area contributed by atoms with Gasteiger partial charge in [-0.05, 0) is 6.42 Å². The molecule has 0 aromatic carbocycles. The average molecular weight is 153 g/mol. The Morgan fingerprint density at radius 3 is 3.18 bits per heavy atom. The summed E-state index contributed by atoms with van der Waals surface area (Å²) in [6, 6.07) is 1.91. The lowest BCUT2D eigenvalue weighted by molar-refractivity contribution is 0.198. The number of aromatic amines is 1. The number of anilines is 1. The molecule has 60 valence electrons. The van der Waals surface area contributed by atoms with Crippen LogP contribution in [0.25, 0.3) is 0 Å². The minimum absolute atomic E-state index is 0.168. The molecule has 2 N–H and O–H groups in total. The summed E-state index contributed by atoms with van der Waals surface area (Å²) in [5.41, 5.74) is 0. The summed E-state index contributed by atoms with van der Waals surface area (Å²) in [6.07, 6.45) is 2.41. The van der Waals surface area contributed by atoms with E-state index < -0.39 is 0 Å². The third kappa shape index (κ3) is 1.21. The molecule has 2 heterocycles. The Bertz CT molecular complexity index is 222. The van der Waals surface area contributed by atoms with Gasteiger partial charge in [0.25, 0.3) is 0 Å². The summed E-state index contributed by atoms with van der Waals surface area (Å²) in [5, 5.41) is 15.9. The molecule has 1 aromatic heterocycles. The van der Waals surface area contributed by atoms with E-state index in [1.165, 1.54) is 0 Å². The van der Waals surface area contributed by atoms with Gasteiger partial charge in [-0.15, -0.1) is 0 Å². The van der Waals surface area contributed by atoms with Crippen molar-refractivity contribution in [3.63, 3.8) is 0 Å². The topological polar surface area (TPSA) is 52.1 Å². The van der Waals surface area contributed by atoms with Crippen LogP contribution in [0.1, 0.15) is 6.42 Å². The van der Waals surface area contributed by atoms with Gasteiger partial charge < -0.3 is 10.0 Å². The Kier molecular flexibility index (Phi) is 1.54. The Labute approximate surface area is 64.8 Å². The van der Waals surface area contributed by atoms with Gasteiger partial charge in [0.1, 0.15) is 5.82 Å². The van der Waals surface area contributed by atoms with Crippen molar-refractivity contribution in [2.45, 2.75) is 12.5 Å². The van der Waals surface area contributed by atoms with Crippen LogP contribution in [0.15, 0.2) is 12.3 Å². The van der Waals surface area contributed by atoms with Gasteiger partial charge >= 0.3 is 0 Å². The molecule has 1 atom stereocenters. The van der Waals surface area contributed by atoms with E-state index in [1.54, 1.807) is 6.20 Å². The highest BCUT2D eigenvalue weighted by atomic mass is 16.3. The van der Waals surface area contributed by atoms with Gasteiger partial charge in [0, 0.05) is 19.2 Å². The van der Waals surface area contributed by atoms with Crippen molar-refractivity contribution in [2.75, 3.05) is 18.0 Å². The monoisotopic (exact) mass is 153 g/mol. The number of aliphatic hydroxyl groups excluding tert-OH is 1. The van der Waals surface area contributed by atoms with Crippen LogP contribution in [0.5, 0.6) is 0 Å². The summed E-state index contributed by atoms with van der Waals surface area (Å²) in [7, 11) is 0. The third-order valence-corrected chi connectivity index (χ3v) is 1.99. The van der Waals surface area contributed by atoms with Gasteiger partial charge in [-0.2, -0.15) is 5.10 Å². The first-order valence-corrected chi connectivity index (χ1v) is 3.78. The van der Waals surface area contributed by atoms with Crippen LogP contribution < -0.4 is 4.90 Å². The van der Waals surface area contributed by atoms with Gasteiger partial charge in [0.05, 0.1) is 12.3 Å². The standard InChI is InChI=1S/C7H11N3O/c11-6-2-4-10(5-6)7-1-3-8-9-7/h1,3,6,11H,2,4-5H2,(H,8,9)/t6-/m1/s1. The second-order valence-electron chi connectivity index (χ2n) is 2.83. The minimum atomic E-state index is -0.168. The zero-order valence-corrected chi connectivity index (χ0v) is 6.20. The fraction of sp³-hybridized carbons (Fsp3) is 0.571. The molecule has 1 fully saturated rings. The Morgan fingerprint density at radius 1 is 1.73 bits per heavy atom. The Morgan fingerprint density at radius 2 is 2.64 bits per heavy atom. The number of aromatic nitrogens is 2. The van der Waals surface area contributed by atoms with Crippen LogP contribution in [-0.4, -0.2) is 34.5 Å². The van der Waals surface area contributed by atoms with Crippen LogP contribution in [-0.2, 0) is 0 Å². The number of hydrogen-bond acceptors (Lipinski definition) is 3. The second-order valence-corrected chi connectivity index (χ2v) is 2.83. The number of hydrogen-bond donors (Lipinski definition) is 2. The van der Waals surface area contributed by atoms with E-state index in [9.17, 15) is 5.11 Å². The smallest absolute Gasteiger partial charge is 0.124 e. The Hall–Kier alpha value is -1.03. The van der Waals surface area contributed by atoms with Gasteiger partial charge in [-0.25, -0.2) is 0 Å². The molecule has 1 aliphatic heterocycles. The van der Waals surface area contributed by atoms with Gasteiger partial charge in [-0.3, -0.25) is 5.10 Å². The van der Waals surface area contributed by atoms with Crippen molar-refractivity contribution < 1.29 is 5.11 Å². The molecule has 0 amide bonds. The van der Waals surface area contributed by atoms with Crippen molar-refractivity contribution >= 4 is 5.82 Å².